The van der Waals surface area contributed by atoms with Crippen LogP contribution in [0.5, 0.6) is 0 Å². The van der Waals surface area contributed by atoms with Crippen molar-refractivity contribution in [1.29, 1.82) is 5.26 Å². The highest BCUT2D eigenvalue weighted by atomic mass is 35.5. The number of nitrogens with zero attached hydrogens (tertiary/aromatic N) is 1. The minimum atomic E-state index is -0.480. The number of nitrogens with one attached hydrogen (secondary N) is 2. The Bertz CT molecular complexity index is 547. The fraction of sp³-hybridized carbons (Fsp3) is 0.500. The Morgan fingerprint density at radius 1 is 1.32 bits per heavy atom. The van der Waals surface area contributed by atoms with Gasteiger partial charge in [0.25, 0.3) is 0 Å². The minimum Gasteiger partial charge on any atom is -0.444 e. The van der Waals surface area contributed by atoms with Crippen LogP contribution in [-0.2, 0) is 11.2 Å². The van der Waals surface area contributed by atoms with Crippen LogP contribution in [0.3, 0.4) is 0 Å². The molecule has 0 heterocycles. The van der Waals surface area contributed by atoms with Crippen LogP contribution in [0.2, 0.25) is 5.02 Å². The number of carbonyl (C=O) groups is 1. The lowest BCUT2D eigenvalue weighted by Crippen LogP contribution is -2.36. The summed E-state index contributed by atoms with van der Waals surface area (Å²) in [6.07, 6.45) is 0.394. The summed E-state index contributed by atoms with van der Waals surface area (Å²) < 4.78 is 5.13. The largest absolute Gasteiger partial charge is 0.444 e. The van der Waals surface area contributed by atoms with Crippen LogP contribution >= 0.6 is 11.6 Å². The fourth-order valence-electron chi connectivity index (χ4n) is 1.73. The first-order chi connectivity index (χ1) is 10.3. The predicted molar refractivity (Wildman–Crippen MR) is 87.0 cm³/mol. The van der Waals surface area contributed by atoms with Crippen LogP contribution in [0, 0.1) is 11.3 Å². The Hall–Kier alpha value is -1.77. The summed E-state index contributed by atoms with van der Waals surface area (Å²) in [5.41, 5.74) is 1.07. The zero-order valence-electron chi connectivity index (χ0n) is 13.2. The topological polar surface area (TPSA) is 74.2 Å². The Morgan fingerprint density at radius 2 is 2.05 bits per heavy atom. The second-order valence-corrected chi connectivity index (χ2v) is 6.26. The molecule has 0 aliphatic carbocycles. The molecule has 1 rings (SSSR count). The van der Waals surface area contributed by atoms with E-state index in [1.54, 1.807) is 12.1 Å². The average molecular weight is 324 g/mol. The number of ether oxygens (including phenoxy) is 1. The van der Waals surface area contributed by atoms with E-state index in [9.17, 15) is 4.79 Å². The van der Waals surface area contributed by atoms with E-state index in [1.807, 2.05) is 32.9 Å². The predicted octanol–water partition coefficient (Wildman–Crippen LogP) is 2.87. The van der Waals surface area contributed by atoms with Crippen LogP contribution in [0.1, 0.15) is 31.9 Å². The molecule has 0 saturated carbocycles. The molecule has 0 atom stereocenters. The normalized spacial score (nSPS) is 10.9. The lowest BCUT2D eigenvalue weighted by Gasteiger charge is -2.19. The number of nitriles is 1. The molecule has 0 aliphatic heterocycles. The maximum atomic E-state index is 11.4. The van der Waals surface area contributed by atoms with Crippen LogP contribution in [0.15, 0.2) is 18.2 Å². The molecule has 1 aromatic carbocycles. The van der Waals surface area contributed by atoms with Crippen molar-refractivity contribution in [1.82, 2.24) is 10.6 Å². The first kappa shape index (κ1) is 18.3. The molecule has 0 spiro atoms. The third-order valence-corrected chi connectivity index (χ3v) is 3.03. The number of amides is 1. The van der Waals surface area contributed by atoms with E-state index < -0.39 is 11.7 Å². The molecule has 22 heavy (non-hydrogen) atoms. The number of benzene rings is 1. The molecule has 6 heteroatoms. The molecule has 0 fully saturated rings. The number of hydrogen-bond acceptors (Lipinski definition) is 4. The van der Waals surface area contributed by atoms with Crippen molar-refractivity contribution in [2.75, 3.05) is 19.6 Å². The van der Waals surface area contributed by atoms with Gasteiger partial charge in [-0.2, -0.15) is 5.26 Å². The maximum absolute atomic E-state index is 11.4. The molecule has 0 radical (unpaired) electrons. The van der Waals surface area contributed by atoms with Gasteiger partial charge >= 0.3 is 6.09 Å². The SMILES string of the molecule is CC(C)(C)OC(=O)NCCNCCc1ccc(C#N)c(Cl)c1. The van der Waals surface area contributed by atoms with Crippen molar-refractivity contribution >= 4 is 17.7 Å². The number of halogens is 1. The summed E-state index contributed by atoms with van der Waals surface area (Å²) in [5.74, 6) is 0. The highest BCUT2D eigenvalue weighted by molar-refractivity contribution is 6.31. The Labute approximate surface area is 136 Å². The van der Waals surface area contributed by atoms with Gasteiger partial charge in [0, 0.05) is 13.1 Å². The van der Waals surface area contributed by atoms with Gasteiger partial charge in [0.2, 0.25) is 0 Å². The van der Waals surface area contributed by atoms with Gasteiger partial charge in [-0.1, -0.05) is 17.7 Å². The second kappa shape index (κ2) is 8.62. The second-order valence-electron chi connectivity index (χ2n) is 5.85. The van der Waals surface area contributed by atoms with Crippen molar-refractivity contribution in [2.24, 2.45) is 0 Å². The van der Waals surface area contributed by atoms with E-state index >= 15 is 0 Å². The van der Waals surface area contributed by atoms with Crippen molar-refractivity contribution in [2.45, 2.75) is 32.8 Å². The average Bonchev–Trinajstić information content (AvgIpc) is 2.41. The zero-order valence-corrected chi connectivity index (χ0v) is 14.0. The Balaban J connectivity index is 2.17. The molecule has 0 saturated heterocycles. The van der Waals surface area contributed by atoms with Crippen LogP contribution < -0.4 is 10.6 Å². The van der Waals surface area contributed by atoms with E-state index in [1.165, 1.54) is 0 Å². The maximum Gasteiger partial charge on any atom is 0.407 e. The number of alkyl carbamates (subject to hydrolysis) is 1. The van der Waals surface area contributed by atoms with Gasteiger partial charge in [-0.3, -0.25) is 0 Å². The first-order valence-corrected chi connectivity index (χ1v) is 7.56. The van der Waals surface area contributed by atoms with Crippen molar-refractivity contribution in [3.8, 4) is 6.07 Å². The monoisotopic (exact) mass is 323 g/mol. The lowest BCUT2D eigenvalue weighted by atomic mass is 10.1. The third kappa shape index (κ3) is 7.30. The van der Waals surface area contributed by atoms with Gasteiger partial charge < -0.3 is 15.4 Å². The van der Waals surface area contributed by atoms with Gasteiger partial charge in [0.05, 0.1) is 10.6 Å². The van der Waals surface area contributed by atoms with Crippen molar-refractivity contribution < 1.29 is 9.53 Å². The zero-order chi connectivity index (χ0) is 16.6. The molecule has 2 N–H and O–H groups in total. The summed E-state index contributed by atoms with van der Waals surface area (Å²) in [6, 6.07) is 7.46. The summed E-state index contributed by atoms with van der Waals surface area (Å²) in [7, 11) is 0. The van der Waals surface area contributed by atoms with Gasteiger partial charge in [-0.05, 0) is 51.4 Å². The summed E-state index contributed by atoms with van der Waals surface area (Å²) in [4.78, 5) is 11.4. The van der Waals surface area contributed by atoms with Gasteiger partial charge in [-0.25, -0.2) is 4.79 Å². The Kier molecular flexibility index (Phi) is 7.16. The van der Waals surface area contributed by atoms with Gasteiger partial charge in [0.15, 0.2) is 0 Å². The molecule has 0 bridgehead atoms. The molecule has 1 aromatic rings. The van der Waals surface area contributed by atoms with E-state index in [0.717, 1.165) is 18.5 Å². The third-order valence-electron chi connectivity index (χ3n) is 2.71. The molecular formula is C16H22ClN3O2. The van der Waals surface area contributed by atoms with Crippen LogP contribution in [-0.4, -0.2) is 31.3 Å². The standard InChI is InChI=1S/C16H22ClN3O2/c1-16(2,3)22-15(21)20-9-8-19-7-6-12-4-5-13(11-18)14(17)10-12/h4-5,10,19H,6-9H2,1-3H3,(H,20,21). The van der Waals surface area contributed by atoms with E-state index in [-0.39, 0.29) is 0 Å². The number of rotatable bonds is 6. The van der Waals surface area contributed by atoms with E-state index in [0.29, 0.717) is 23.7 Å². The molecular weight excluding hydrogens is 302 g/mol. The highest BCUT2D eigenvalue weighted by Gasteiger charge is 2.15. The van der Waals surface area contributed by atoms with Crippen molar-refractivity contribution in [3.05, 3.63) is 34.3 Å². The van der Waals surface area contributed by atoms with E-state index in [4.69, 9.17) is 21.6 Å². The smallest absolute Gasteiger partial charge is 0.407 e. The molecule has 120 valence electrons. The lowest BCUT2D eigenvalue weighted by molar-refractivity contribution is 0.0528. The van der Waals surface area contributed by atoms with Gasteiger partial charge in [-0.15, -0.1) is 0 Å². The highest BCUT2D eigenvalue weighted by Crippen LogP contribution is 2.16. The summed E-state index contributed by atoms with van der Waals surface area (Å²) in [5, 5.41) is 15.2. The molecule has 5 nitrogen and oxygen atoms in total. The van der Waals surface area contributed by atoms with Crippen LogP contribution in [0.4, 0.5) is 4.79 Å². The number of carbonyl (C=O) groups excluding carboxylic acids is 1. The minimum absolute atomic E-state index is 0.409. The molecule has 0 unspecified atom stereocenters. The summed E-state index contributed by atoms with van der Waals surface area (Å²) in [6.45, 7) is 7.40. The molecule has 0 aromatic heterocycles. The van der Waals surface area contributed by atoms with E-state index in [2.05, 4.69) is 10.6 Å². The molecule has 0 aliphatic rings. The van der Waals surface area contributed by atoms with Gasteiger partial charge in [0.1, 0.15) is 11.7 Å². The van der Waals surface area contributed by atoms with Crippen molar-refractivity contribution in [3.63, 3.8) is 0 Å². The Morgan fingerprint density at radius 3 is 2.64 bits per heavy atom. The van der Waals surface area contributed by atoms with Crippen LogP contribution in [0.25, 0.3) is 0 Å². The first-order valence-electron chi connectivity index (χ1n) is 7.18. The fourth-order valence-corrected chi connectivity index (χ4v) is 1.98. The number of hydrogen-bond donors (Lipinski definition) is 2. The quantitative estimate of drug-likeness (QED) is 0.789. The summed E-state index contributed by atoms with van der Waals surface area (Å²) >= 11 is 5.98. The molecule has 1 amide bonds.